The zero-order valence-corrected chi connectivity index (χ0v) is 11.3. The van der Waals surface area contributed by atoms with Gasteiger partial charge < -0.3 is 16.0 Å². The first-order chi connectivity index (χ1) is 9.40. The number of hydrogen-bond acceptors (Lipinski definition) is 3. The second-order valence-electron chi connectivity index (χ2n) is 6.38. The molecule has 2 atom stereocenters. The van der Waals surface area contributed by atoms with Gasteiger partial charge in [-0.2, -0.15) is 13.2 Å². The summed E-state index contributed by atoms with van der Waals surface area (Å²) in [5.41, 5.74) is -2.42. The standard InChI is InChI=1S/C13H20F3N3O/c14-13(15,16)12-5-11(12,6-18-8-12)7-19-10(20)9-1-3-17-4-2-9/h9,17-18H,1-8H2,(H,19,20)/t11-,12-/m0/s1. The minimum atomic E-state index is -4.18. The molecule has 0 aromatic heterocycles. The molecule has 0 radical (unpaired) electrons. The zero-order valence-electron chi connectivity index (χ0n) is 11.3. The van der Waals surface area contributed by atoms with Gasteiger partial charge in [0.05, 0.1) is 5.41 Å². The molecule has 3 aliphatic rings. The monoisotopic (exact) mass is 291 g/mol. The SMILES string of the molecule is O=C(NC[C@]12CNC[C@@]1(C(F)(F)F)C2)C1CCNCC1. The van der Waals surface area contributed by atoms with Crippen molar-refractivity contribution in [2.45, 2.75) is 25.4 Å². The van der Waals surface area contributed by atoms with Crippen LogP contribution in [0, 0.1) is 16.7 Å². The van der Waals surface area contributed by atoms with Crippen LogP contribution in [0.2, 0.25) is 0 Å². The molecule has 2 saturated heterocycles. The van der Waals surface area contributed by atoms with Crippen molar-refractivity contribution in [2.75, 3.05) is 32.7 Å². The molecule has 7 heteroatoms. The lowest BCUT2D eigenvalue weighted by molar-refractivity contribution is -0.190. The van der Waals surface area contributed by atoms with Crippen molar-refractivity contribution >= 4 is 5.91 Å². The van der Waals surface area contributed by atoms with Gasteiger partial charge in [-0.25, -0.2) is 0 Å². The van der Waals surface area contributed by atoms with Gasteiger partial charge in [-0.1, -0.05) is 0 Å². The van der Waals surface area contributed by atoms with Gasteiger partial charge in [0.2, 0.25) is 5.91 Å². The number of alkyl halides is 3. The fraction of sp³-hybridized carbons (Fsp3) is 0.923. The van der Waals surface area contributed by atoms with Crippen LogP contribution in [-0.2, 0) is 4.79 Å². The molecule has 1 aliphatic carbocycles. The third-order valence-corrected chi connectivity index (χ3v) is 5.27. The first-order valence-corrected chi connectivity index (χ1v) is 7.16. The Morgan fingerprint density at radius 2 is 1.90 bits per heavy atom. The second-order valence-corrected chi connectivity index (χ2v) is 6.38. The Bertz CT molecular complexity index is 408. The van der Waals surface area contributed by atoms with Crippen LogP contribution in [-0.4, -0.2) is 44.8 Å². The van der Waals surface area contributed by atoms with Gasteiger partial charge in [0.15, 0.2) is 0 Å². The minimum Gasteiger partial charge on any atom is -0.355 e. The number of nitrogens with one attached hydrogen (secondary N) is 3. The molecular formula is C13H20F3N3O. The van der Waals surface area contributed by atoms with Gasteiger partial charge in [0.25, 0.3) is 0 Å². The lowest BCUT2D eigenvalue weighted by Gasteiger charge is -2.24. The average molecular weight is 291 g/mol. The van der Waals surface area contributed by atoms with E-state index in [4.69, 9.17) is 0 Å². The highest BCUT2D eigenvalue weighted by atomic mass is 19.4. The quantitative estimate of drug-likeness (QED) is 0.715. The smallest absolute Gasteiger partial charge is 0.355 e. The molecule has 3 rings (SSSR count). The van der Waals surface area contributed by atoms with Gasteiger partial charge in [-0.15, -0.1) is 0 Å². The van der Waals surface area contributed by atoms with Crippen LogP contribution >= 0.6 is 0 Å². The molecule has 2 aliphatic heterocycles. The molecule has 1 amide bonds. The molecule has 4 nitrogen and oxygen atoms in total. The minimum absolute atomic E-state index is 0.0142. The van der Waals surface area contributed by atoms with Crippen molar-refractivity contribution in [3.8, 4) is 0 Å². The van der Waals surface area contributed by atoms with E-state index in [2.05, 4.69) is 16.0 Å². The van der Waals surface area contributed by atoms with E-state index in [0.29, 0.717) is 6.54 Å². The number of piperidine rings is 2. The fourth-order valence-corrected chi connectivity index (χ4v) is 3.81. The third-order valence-electron chi connectivity index (χ3n) is 5.27. The van der Waals surface area contributed by atoms with Crippen molar-refractivity contribution < 1.29 is 18.0 Å². The highest BCUT2D eigenvalue weighted by molar-refractivity contribution is 5.78. The van der Waals surface area contributed by atoms with E-state index in [1.807, 2.05) is 0 Å². The molecule has 0 bridgehead atoms. The number of halogens is 3. The zero-order chi connectivity index (χ0) is 14.4. The summed E-state index contributed by atoms with van der Waals surface area (Å²) in [6, 6.07) is 0. The summed E-state index contributed by atoms with van der Waals surface area (Å²) in [6.45, 7) is 2.08. The lowest BCUT2D eigenvalue weighted by atomic mass is 9.94. The maximum absolute atomic E-state index is 13.1. The molecule has 3 fully saturated rings. The average Bonchev–Trinajstić information content (AvgIpc) is 2.94. The highest BCUT2D eigenvalue weighted by Crippen LogP contribution is 2.72. The molecule has 0 aromatic rings. The largest absolute Gasteiger partial charge is 0.396 e. The first kappa shape index (κ1) is 14.1. The van der Waals surface area contributed by atoms with Gasteiger partial charge in [0.1, 0.15) is 0 Å². The Hall–Kier alpha value is -0.820. The van der Waals surface area contributed by atoms with Crippen molar-refractivity contribution in [1.29, 1.82) is 0 Å². The molecule has 2 heterocycles. The Labute approximate surface area is 115 Å². The Morgan fingerprint density at radius 3 is 2.50 bits per heavy atom. The Morgan fingerprint density at radius 1 is 1.20 bits per heavy atom. The lowest BCUT2D eigenvalue weighted by Crippen LogP contribution is -2.42. The molecule has 0 unspecified atom stereocenters. The maximum atomic E-state index is 13.1. The van der Waals surface area contributed by atoms with E-state index in [1.165, 1.54) is 0 Å². The number of carbonyl (C=O) groups excluding carboxylic acids is 1. The molecule has 20 heavy (non-hydrogen) atoms. The summed E-state index contributed by atoms with van der Waals surface area (Å²) in [4.78, 5) is 12.0. The van der Waals surface area contributed by atoms with E-state index in [9.17, 15) is 18.0 Å². The number of hydrogen-bond donors (Lipinski definition) is 3. The molecular weight excluding hydrogens is 271 g/mol. The molecule has 3 N–H and O–H groups in total. The van der Waals surface area contributed by atoms with Gasteiger partial charge in [0, 0.05) is 31.0 Å². The third kappa shape index (κ3) is 2.02. The predicted octanol–water partition coefficient (Wildman–Crippen LogP) is 0.644. The van der Waals surface area contributed by atoms with E-state index in [-0.39, 0.29) is 31.3 Å². The predicted molar refractivity (Wildman–Crippen MR) is 67.0 cm³/mol. The fourth-order valence-electron chi connectivity index (χ4n) is 3.81. The van der Waals surface area contributed by atoms with Crippen LogP contribution in [0.25, 0.3) is 0 Å². The van der Waals surface area contributed by atoms with Crippen LogP contribution < -0.4 is 16.0 Å². The van der Waals surface area contributed by atoms with Crippen LogP contribution in [0.1, 0.15) is 19.3 Å². The molecule has 114 valence electrons. The summed E-state index contributed by atoms with van der Waals surface area (Å²) in [5.74, 6) is -0.142. The van der Waals surface area contributed by atoms with Gasteiger partial charge in [-0.3, -0.25) is 4.79 Å². The maximum Gasteiger partial charge on any atom is 0.396 e. The van der Waals surface area contributed by atoms with E-state index >= 15 is 0 Å². The topological polar surface area (TPSA) is 53.2 Å². The molecule has 0 spiro atoms. The van der Waals surface area contributed by atoms with E-state index in [1.54, 1.807) is 0 Å². The number of amides is 1. The molecule has 1 saturated carbocycles. The van der Waals surface area contributed by atoms with Crippen molar-refractivity contribution in [2.24, 2.45) is 16.7 Å². The van der Waals surface area contributed by atoms with Gasteiger partial charge in [-0.05, 0) is 32.4 Å². The number of rotatable bonds is 3. The first-order valence-electron chi connectivity index (χ1n) is 7.16. The van der Waals surface area contributed by atoms with E-state index < -0.39 is 17.0 Å². The summed E-state index contributed by atoms with van der Waals surface area (Å²) >= 11 is 0. The van der Waals surface area contributed by atoms with Crippen LogP contribution in [0.5, 0.6) is 0 Å². The van der Waals surface area contributed by atoms with Crippen LogP contribution in [0.3, 0.4) is 0 Å². The van der Waals surface area contributed by atoms with Crippen molar-refractivity contribution in [3.63, 3.8) is 0 Å². The molecule has 0 aromatic carbocycles. The highest BCUT2D eigenvalue weighted by Gasteiger charge is 2.81. The Kier molecular flexibility index (Phi) is 3.25. The Balaban J connectivity index is 1.58. The number of carbonyl (C=O) groups is 1. The van der Waals surface area contributed by atoms with Crippen molar-refractivity contribution in [3.05, 3.63) is 0 Å². The van der Waals surface area contributed by atoms with Crippen molar-refractivity contribution in [1.82, 2.24) is 16.0 Å². The van der Waals surface area contributed by atoms with Crippen LogP contribution in [0.4, 0.5) is 13.2 Å². The summed E-state index contributed by atoms with van der Waals surface area (Å²) in [5, 5.41) is 8.77. The summed E-state index contributed by atoms with van der Waals surface area (Å²) < 4.78 is 39.4. The second kappa shape index (κ2) is 4.59. The van der Waals surface area contributed by atoms with Gasteiger partial charge >= 0.3 is 6.18 Å². The van der Waals surface area contributed by atoms with Crippen LogP contribution in [0.15, 0.2) is 0 Å². The normalized spacial score (nSPS) is 37.5. The summed E-state index contributed by atoms with van der Waals surface area (Å²) in [6.07, 6.45) is -2.51. The summed E-state index contributed by atoms with van der Waals surface area (Å²) in [7, 11) is 0. The number of fused-ring (bicyclic) bond motifs is 1. The van der Waals surface area contributed by atoms with E-state index in [0.717, 1.165) is 25.9 Å².